The number of carboxylic acids is 1. The molecule has 2 heterocycles. The number of carboxylic acid groups (broad SMARTS) is 1. The highest BCUT2D eigenvalue weighted by molar-refractivity contribution is 5.95. The van der Waals surface area contributed by atoms with E-state index in [-0.39, 0.29) is 5.91 Å². The highest BCUT2D eigenvalue weighted by Crippen LogP contribution is 2.44. The summed E-state index contributed by atoms with van der Waals surface area (Å²) < 4.78 is 11.4. The Morgan fingerprint density at radius 3 is 2.19 bits per heavy atom. The van der Waals surface area contributed by atoms with Crippen LogP contribution in [-0.4, -0.2) is 39.6 Å². The van der Waals surface area contributed by atoms with E-state index in [1.807, 2.05) is 65.8 Å². The maximum Gasteiger partial charge on any atom is 0.337 e. The van der Waals surface area contributed by atoms with Crippen LogP contribution in [0.1, 0.15) is 70.6 Å². The zero-order chi connectivity index (χ0) is 27.1. The molecule has 7 heteroatoms. The number of carbonyl (C=O) groups is 2. The molecule has 1 amide bonds. The molecular formula is C30H34N2O5. The largest absolute Gasteiger partial charge is 0.495 e. The van der Waals surface area contributed by atoms with Gasteiger partial charge in [-0.3, -0.25) is 9.78 Å². The van der Waals surface area contributed by atoms with E-state index in [1.54, 1.807) is 17.2 Å². The van der Waals surface area contributed by atoms with Crippen LogP contribution in [0.15, 0.2) is 42.7 Å². The first-order valence-corrected chi connectivity index (χ1v) is 12.3. The van der Waals surface area contributed by atoms with Crippen LogP contribution in [0.4, 0.5) is 0 Å². The lowest BCUT2D eigenvalue weighted by Crippen LogP contribution is -2.28. The fourth-order valence-corrected chi connectivity index (χ4v) is 5.00. The standard InChI is InChI=1S/C30H34N2O5/c1-17-8-10-20(11-9-17)25-18(2)23-15-32(28(33)21-12-22(36-7)14-31-13-21)16-24(23)19(3)26(25)27(29(34)35)37-30(4,5)6/h8-14,27H,15-16H2,1-7H3,(H,34,35)/t27-/m0/s1. The minimum absolute atomic E-state index is 0.152. The topological polar surface area (TPSA) is 89.0 Å². The van der Waals surface area contributed by atoms with Gasteiger partial charge >= 0.3 is 5.97 Å². The number of rotatable bonds is 6. The molecule has 0 radical (unpaired) electrons. The maximum atomic E-state index is 13.4. The summed E-state index contributed by atoms with van der Waals surface area (Å²) in [6, 6.07) is 9.75. The van der Waals surface area contributed by atoms with E-state index in [0.717, 1.165) is 38.9 Å². The number of nitrogens with zero attached hydrogens (tertiary/aromatic N) is 2. The van der Waals surface area contributed by atoms with Crippen molar-refractivity contribution in [3.05, 3.63) is 81.7 Å². The molecule has 1 aliphatic rings. The van der Waals surface area contributed by atoms with E-state index in [1.165, 1.54) is 13.3 Å². The summed E-state index contributed by atoms with van der Waals surface area (Å²) in [7, 11) is 1.54. The lowest BCUT2D eigenvalue weighted by molar-refractivity contribution is -0.160. The summed E-state index contributed by atoms with van der Waals surface area (Å²) in [6.07, 6.45) is 1.94. The lowest BCUT2D eigenvalue weighted by atomic mass is 9.83. The molecule has 0 saturated heterocycles. The van der Waals surface area contributed by atoms with Gasteiger partial charge in [0, 0.05) is 24.8 Å². The second kappa shape index (κ2) is 9.98. The third-order valence-corrected chi connectivity index (χ3v) is 6.80. The Morgan fingerprint density at radius 2 is 1.62 bits per heavy atom. The zero-order valence-corrected chi connectivity index (χ0v) is 22.5. The molecule has 1 N–H and O–H groups in total. The average molecular weight is 503 g/mol. The van der Waals surface area contributed by atoms with Crippen LogP contribution < -0.4 is 4.74 Å². The monoisotopic (exact) mass is 502 g/mol. The molecule has 0 fully saturated rings. The van der Waals surface area contributed by atoms with Gasteiger partial charge in [-0.1, -0.05) is 29.8 Å². The third kappa shape index (κ3) is 5.23. The Bertz CT molecular complexity index is 1360. The van der Waals surface area contributed by atoms with Crippen molar-refractivity contribution in [2.24, 2.45) is 0 Å². The number of aliphatic carboxylic acids is 1. The predicted molar refractivity (Wildman–Crippen MR) is 142 cm³/mol. The summed E-state index contributed by atoms with van der Waals surface area (Å²) in [5.41, 5.74) is 7.12. The molecule has 0 unspecified atom stereocenters. The van der Waals surface area contributed by atoms with Crippen molar-refractivity contribution >= 4 is 11.9 Å². The van der Waals surface area contributed by atoms with Crippen LogP contribution >= 0.6 is 0 Å². The molecule has 1 aliphatic heterocycles. The van der Waals surface area contributed by atoms with Crippen molar-refractivity contribution < 1.29 is 24.2 Å². The Hall–Kier alpha value is -3.71. The molecule has 3 aromatic rings. The van der Waals surface area contributed by atoms with Crippen molar-refractivity contribution in [3.63, 3.8) is 0 Å². The number of hydrogen-bond acceptors (Lipinski definition) is 5. The van der Waals surface area contributed by atoms with Crippen molar-refractivity contribution in [1.29, 1.82) is 0 Å². The number of benzene rings is 2. The fourth-order valence-electron chi connectivity index (χ4n) is 5.00. The summed E-state index contributed by atoms with van der Waals surface area (Å²) in [5, 5.41) is 10.3. The number of aromatic nitrogens is 1. The maximum absolute atomic E-state index is 13.4. The minimum atomic E-state index is -1.16. The highest BCUT2D eigenvalue weighted by atomic mass is 16.5. The van der Waals surface area contributed by atoms with Crippen molar-refractivity contribution in [2.45, 2.75) is 66.3 Å². The average Bonchev–Trinajstić information content (AvgIpc) is 3.31. The Morgan fingerprint density at radius 1 is 1.00 bits per heavy atom. The number of methoxy groups -OCH3 is 1. The number of aryl methyl sites for hydroxylation is 1. The van der Waals surface area contributed by atoms with Crippen LogP contribution in [0.5, 0.6) is 5.75 Å². The van der Waals surface area contributed by atoms with Crippen molar-refractivity contribution in [3.8, 4) is 16.9 Å². The van der Waals surface area contributed by atoms with E-state index < -0.39 is 17.7 Å². The smallest absolute Gasteiger partial charge is 0.337 e. The van der Waals surface area contributed by atoms with Crippen LogP contribution in [0.3, 0.4) is 0 Å². The van der Waals surface area contributed by atoms with Gasteiger partial charge in [-0.25, -0.2) is 4.79 Å². The molecule has 0 saturated carbocycles. The van der Waals surface area contributed by atoms with Gasteiger partial charge in [-0.15, -0.1) is 0 Å². The normalized spacial score (nSPS) is 13.9. The summed E-state index contributed by atoms with van der Waals surface area (Å²) in [4.78, 5) is 31.9. The van der Waals surface area contributed by atoms with E-state index in [4.69, 9.17) is 9.47 Å². The molecule has 1 atom stereocenters. The van der Waals surface area contributed by atoms with Crippen molar-refractivity contribution in [2.75, 3.05) is 7.11 Å². The Balaban J connectivity index is 1.88. The third-order valence-electron chi connectivity index (χ3n) is 6.80. The van der Waals surface area contributed by atoms with Crippen LogP contribution in [0.25, 0.3) is 11.1 Å². The van der Waals surface area contributed by atoms with Gasteiger partial charge in [0.2, 0.25) is 0 Å². The number of ether oxygens (including phenoxy) is 2. The lowest BCUT2D eigenvalue weighted by Gasteiger charge is -2.29. The zero-order valence-electron chi connectivity index (χ0n) is 22.5. The van der Waals surface area contributed by atoms with Gasteiger partial charge in [0.15, 0.2) is 6.10 Å². The number of hydrogen-bond donors (Lipinski definition) is 1. The molecule has 194 valence electrons. The van der Waals surface area contributed by atoms with Gasteiger partial charge in [0.05, 0.1) is 24.5 Å². The molecule has 7 nitrogen and oxygen atoms in total. The summed E-state index contributed by atoms with van der Waals surface area (Å²) in [6.45, 7) is 12.3. The molecule has 0 aliphatic carbocycles. The number of amides is 1. The first kappa shape index (κ1) is 26.4. The summed E-state index contributed by atoms with van der Waals surface area (Å²) >= 11 is 0. The van der Waals surface area contributed by atoms with Crippen molar-refractivity contribution in [1.82, 2.24) is 9.88 Å². The van der Waals surface area contributed by atoms with Gasteiger partial charge in [0.1, 0.15) is 5.75 Å². The van der Waals surface area contributed by atoms with Gasteiger partial charge in [0.25, 0.3) is 5.91 Å². The molecule has 37 heavy (non-hydrogen) atoms. The molecular weight excluding hydrogens is 468 g/mol. The van der Waals surface area contributed by atoms with E-state index in [2.05, 4.69) is 4.98 Å². The van der Waals surface area contributed by atoms with Gasteiger partial charge in [-0.2, -0.15) is 0 Å². The molecule has 1 aromatic heterocycles. The van der Waals surface area contributed by atoms with Crippen LogP contribution in [0.2, 0.25) is 0 Å². The predicted octanol–water partition coefficient (Wildman–Crippen LogP) is 5.78. The molecule has 4 rings (SSSR count). The van der Waals surface area contributed by atoms with E-state index in [9.17, 15) is 14.7 Å². The number of fused-ring (bicyclic) bond motifs is 1. The highest BCUT2D eigenvalue weighted by Gasteiger charge is 2.36. The van der Waals surface area contributed by atoms with Gasteiger partial charge < -0.3 is 19.5 Å². The quantitative estimate of drug-likeness (QED) is 0.460. The first-order valence-electron chi connectivity index (χ1n) is 12.3. The Kier molecular flexibility index (Phi) is 7.11. The second-order valence-electron chi connectivity index (χ2n) is 10.6. The molecule has 2 aromatic carbocycles. The van der Waals surface area contributed by atoms with Crippen LogP contribution in [0, 0.1) is 20.8 Å². The summed E-state index contributed by atoms with van der Waals surface area (Å²) in [5.74, 6) is -0.679. The minimum Gasteiger partial charge on any atom is -0.495 e. The first-order chi connectivity index (χ1) is 17.4. The Labute approximate surface area is 218 Å². The van der Waals surface area contributed by atoms with Crippen LogP contribution in [-0.2, 0) is 22.6 Å². The van der Waals surface area contributed by atoms with Gasteiger partial charge in [-0.05, 0) is 81.0 Å². The van der Waals surface area contributed by atoms with E-state index in [0.29, 0.717) is 30.0 Å². The number of pyridine rings is 1. The molecule has 0 spiro atoms. The second-order valence-corrected chi connectivity index (χ2v) is 10.6. The molecule has 0 bridgehead atoms. The SMILES string of the molecule is COc1cncc(C(=O)N2Cc3c(C)c(-c4ccc(C)cc4)c([C@H](OC(C)(C)C)C(=O)O)c(C)c3C2)c1. The van der Waals surface area contributed by atoms with E-state index >= 15 is 0 Å². The fraction of sp³-hybridized carbons (Fsp3) is 0.367. The number of carbonyl (C=O) groups excluding carboxylic acids is 1.